The number of rotatable bonds is 12. The van der Waals surface area contributed by atoms with Crippen molar-refractivity contribution in [2.24, 2.45) is 5.73 Å². The molecule has 0 aliphatic carbocycles. The second-order valence-corrected chi connectivity index (χ2v) is 9.82. The van der Waals surface area contributed by atoms with Crippen LogP contribution in [0.25, 0.3) is 0 Å². The Bertz CT molecular complexity index is 1200. The van der Waals surface area contributed by atoms with Crippen LogP contribution in [0.5, 0.6) is 5.75 Å². The van der Waals surface area contributed by atoms with Crippen LogP contribution in [0.1, 0.15) is 49.7 Å². The lowest BCUT2D eigenvalue weighted by Crippen LogP contribution is -2.79. The summed E-state index contributed by atoms with van der Waals surface area (Å²) >= 11 is 5.79. The van der Waals surface area contributed by atoms with E-state index >= 15 is 0 Å². The average molecular weight is 580 g/mol. The van der Waals surface area contributed by atoms with Crippen LogP contribution in [0.4, 0.5) is 16.4 Å². The molecule has 1 aromatic carbocycles. The van der Waals surface area contributed by atoms with E-state index in [4.69, 9.17) is 43.0 Å². The first-order chi connectivity index (χ1) is 18.8. The number of halogens is 1. The number of hydrogen-bond donors (Lipinski definition) is 6. The fourth-order valence-electron chi connectivity index (χ4n) is 3.08. The number of carbonyl (C=O) groups excluding carboxylic acids is 3. The number of ether oxygens (including phenoxy) is 3. The number of guanidine groups is 1. The molecule has 1 aromatic heterocycles. The molecule has 40 heavy (non-hydrogen) atoms. The van der Waals surface area contributed by atoms with Crippen LogP contribution in [0.2, 0.25) is 5.15 Å². The van der Waals surface area contributed by atoms with Crippen LogP contribution in [0, 0.1) is 0 Å². The predicted molar refractivity (Wildman–Crippen MR) is 148 cm³/mol. The number of nitrogens with zero attached hydrogens (tertiary/aromatic N) is 2. The summed E-state index contributed by atoms with van der Waals surface area (Å²) in [6.45, 7) is 5.67. The third kappa shape index (κ3) is 12.0. The van der Waals surface area contributed by atoms with E-state index in [2.05, 4.69) is 25.6 Å². The minimum Gasteiger partial charge on any atom is -0.482 e. The highest BCUT2D eigenvalue weighted by Crippen LogP contribution is 2.17. The van der Waals surface area contributed by atoms with Crippen molar-refractivity contribution in [3.8, 4) is 5.75 Å². The molecular weight excluding hydrogens is 544 g/mol. The Balaban J connectivity index is 1.62. The summed E-state index contributed by atoms with van der Waals surface area (Å²) in [4.78, 5) is 46.1. The molecule has 2 rings (SSSR count). The highest BCUT2D eigenvalue weighted by atomic mass is 35.5. The molecule has 14 nitrogen and oxygen atoms in total. The molecule has 0 unspecified atom stereocenters. The van der Waals surface area contributed by atoms with E-state index in [1.807, 2.05) is 12.1 Å². The monoisotopic (exact) mass is 579 g/mol. The number of anilines is 2. The smallest absolute Gasteiger partial charge is 0.407 e. The summed E-state index contributed by atoms with van der Waals surface area (Å²) in [5.74, 6) is -0.881. The van der Waals surface area contributed by atoms with Gasteiger partial charge in [-0.05, 0) is 57.7 Å². The molecule has 0 atom stereocenters. The van der Waals surface area contributed by atoms with Gasteiger partial charge < -0.3 is 31.0 Å². The van der Waals surface area contributed by atoms with Crippen molar-refractivity contribution >= 4 is 47.2 Å². The number of hydrogen-bond acceptors (Lipinski definition) is 10. The lowest BCUT2D eigenvalue weighted by atomic mass is 10.1. The summed E-state index contributed by atoms with van der Waals surface area (Å²) < 4.78 is 15.6. The molecular formula is C25H36ClN8O6+. The number of carbonyl (C=O) groups is 3. The first-order valence-corrected chi connectivity index (χ1v) is 12.8. The first kappa shape index (κ1) is 31.9. The molecule has 0 fully saturated rings. The van der Waals surface area contributed by atoms with Crippen LogP contribution in [0.15, 0.2) is 24.3 Å². The molecule has 0 aliphatic rings. The third-order valence-electron chi connectivity index (χ3n) is 4.89. The minimum absolute atomic E-state index is 0.00574. The summed E-state index contributed by atoms with van der Waals surface area (Å²) in [5, 5.41) is 4.81. The van der Waals surface area contributed by atoms with Gasteiger partial charge in [0.2, 0.25) is 0 Å². The number of amides is 2. The molecule has 0 spiro atoms. The predicted octanol–water partition coefficient (Wildman–Crippen LogP) is -0.111. The Hall–Kier alpha value is -4.33. The molecule has 9 N–H and O–H groups in total. The Morgan fingerprint density at radius 3 is 2.42 bits per heavy atom. The average Bonchev–Trinajstić information content (AvgIpc) is 2.87. The van der Waals surface area contributed by atoms with Crippen molar-refractivity contribution in [1.29, 1.82) is 0 Å². The van der Waals surface area contributed by atoms with E-state index in [1.165, 1.54) is 0 Å². The van der Waals surface area contributed by atoms with Crippen molar-refractivity contribution in [3.63, 3.8) is 0 Å². The standard InChI is InChI=1S/C25H35ClN8O6/c1-25(2,3)40-24(37)31-12-13-38-17(35)14-39-16-9-7-15(8-10-16)6-4-5-11-30-23(29)34-22(36)18-20(27)33-21(28)19(26)32-18/h7-10H,4-6,11-14H2,1-3H3,(H,31,37)(H4,27,28,33)(H3,29,30,34,36)/p+1. The van der Waals surface area contributed by atoms with Gasteiger partial charge in [-0.15, -0.1) is 0 Å². The first-order valence-electron chi connectivity index (χ1n) is 12.4. The molecule has 218 valence electrons. The molecule has 2 aromatic rings. The quantitative estimate of drug-likeness (QED) is 0.0842. The van der Waals surface area contributed by atoms with Crippen LogP contribution < -0.4 is 37.6 Å². The Morgan fingerprint density at radius 1 is 1.05 bits per heavy atom. The second-order valence-electron chi connectivity index (χ2n) is 9.47. The van der Waals surface area contributed by atoms with E-state index in [-0.39, 0.29) is 48.2 Å². The number of aromatic nitrogens is 2. The van der Waals surface area contributed by atoms with Crippen molar-refractivity contribution in [3.05, 3.63) is 40.7 Å². The van der Waals surface area contributed by atoms with Crippen molar-refractivity contribution in [1.82, 2.24) is 20.6 Å². The van der Waals surface area contributed by atoms with Gasteiger partial charge in [-0.25, -0.2) is 29.7 Å². The van der Waals surface area contributed by atoms with Gasteiger partial charge in [0.1, 0.15) is 18.0 Å². The molecule has 0 bridgehead atoms. The number of nitrogen functional groups attached to an aromatic ring is 2. The highest BCUT2D eigenvalue weighted by Gasteiger charge is 2.20. The molecule has 0 saturated heterocycles. The summed E-state index contributed by atoms with van der Waals surface area (Å²) in [5.41, 5.74) is 17.3. The highest BCUT2D eigenvalue weighted by molar-refractivity contribution is 6.31. The van der Waals surface area contributed by atoms with Crippen LogP contribution in [-0.2, 0) is 20.7 Å². The molecule has 0 aliphatic heterocycles. The van der Waals surface area contributed by atoms with E-state index in [0.29, 0.717) is 12.3 Å². The van der Waals surface area contributed by atoms with Gasteiger partial charge in [0.05, 0.1) is 13.1 Å². The lowest BCUT2D eigenvalue weighted by Gasteiger charge is -2.19. The Morgan fingerprint density at radius 2 is 1.75 bits per heavy atom. The van der Waals surface area contributed by atoms with Gasteiger partial charge in [0, 0.05) is 0 Å². The zero-order valence-electron chi connectivity index (χ0n) is 22.7. The molecule has 2 amide bonds. The fourth-order valence-corrected chi connectivity index (χ4v) is 3.21. The minimum atomic E-state index is -0.664. The maximum absolute atomic E-state index is 12.3. The maximum atomic E-state index is 12.3. The number of unbranched alkanes of at least 4 members (excludes halogenated alkanes) is 1. The number of nitrogens with one attached hydrogen (secondary N) is 3. The van der Waals surface area contributed by atoms with E-state index in [9.17, 15) is 14.4 Å². The van der Waals surface area contributed by atoms with Gasteiger partial charge in [-0.3, -0.25) is 10.7 Å². The fraction of sp³-hybridized carbons (Fsp3) is 0.440. The number of esters is 1. The zero-order valence-corrected chi connectivity index (χ0v) is 23.5. The van der Waals surface area contributed by atoms with Gasteiger partial charge in [0.25, 0.3) is 0 Å². The van der Waals surface area contributed by atoms with Gasteiger partial charge >= 0.3 is 23.9 Å². The van der Waals surface area contributed by atoms with Gasteiger partial charge in [0.15, 0.2) is 29.1 Å². The lowest BCUT2D eigenvalue weighted by molar-refractivity contribution is -0.460. The van der Waals surface area contributed by atoms with E-state index < -0.39 is 23.6 Å². The molecule has 0 saturated carbocycles. The van der Waals surface area contributed by atoms with E-state index in [1.54, 1.807) is 32.9 Å². The van der Waals surface area contributed by atoms with Crippen LogP contribution >= 0.6 is 11.6 Å². The molecule has 1 heterocycles. The van der Waals surface area contributed by atoms with Crippen molar-refractivity contribution in [2.45, 2.75) is 45.6 Å². The number of benzene rings is 1. The zero-order chi connectivity index (χ0) is 29.7. The number of alkyl carbamates (subject to hydrolysis) is 1. The second kappa shape index (κ2) is 15.3. The number of aryl methyl sites for hydroxylation is 1. The van der Waals surface area contributed by atoms with Gasteiger partial charge in [-0.2, -0.15) is 0 Å². The SMILES string of the molecule is CC(C)(C)OC(=O)NCCOC(=O)COc1ccc(CCCC[NH+]=C(N)NC(=O)c2nc(Cl)c(N)nc2N)cc1. The van der Waals surface area contributed by atoms with Crippen molar-refractivity contribution in [2.75, 3.05) is 37.8 Å². The Kier molecular flexibility index (Phi) is 12.2. The van der Waals surface area contributed by atoms with E-state index in [0.717, 1.165) is 24.8 Å². The third-order valence-corrected chi connectivity index (χ3v) is 5.17. The van der Waals surface area contributed by atoms with Crippen LogP contribution in [-0.4, -0.2) is 65.8 Å². The normalized spacial score (nSPS) is 11.4. The van der Waals surface area contributed by atoms with Crippen molar-refractivity contribution < 1.29 is 33.6 Å². The van der Waals surface area contributed by atoms with Crippen LogP contribution in [0.3, 0.4) is 0 Å². The summed E-state index contributed by atoms with van der Waals surface area (Å²) in [7, 11) is 0. The topological polar surface area (TPSA) is 221 Å². The molecule has 0 radical (unpaired) electrons. The maximum Gasteiger partial charge on any atom is 0.407 e. The van der Waals surface area contributed by atoms with Gasteiger partial charge in [-0.1, -0.05) is 23.7 Å². The Labute approximate surface area is 237 Å². The number of nitrogens with two attached hydrogens (primary N) is 3. The summed E-state index contributed by atoms with van der Waals surface area (Å²) in [6, 6.07) is 7.35. The summed E-state index contributed by atoms with van der Waals surface area (Å²) in [6.07, 6.45) is 1.85. The largest absolute Gasteiger partial charge is 0.482 e. The molecule has 15 heteroatoms.